The Kier molecular flexibility index (Phi) is 3.12. The number of halogens is 1. The van der Waals surface area contributed by atoms with Gasteiger partial charge in [-0.2, -0.15) is 0 Å². The molecule has 0 fully saturated rings. The molecule has 0 aliphatic carbocycles. The lowest BCUT2D eigenvalue weighted by molar-refractivity contribution is -0.0760. The molecule has 0 aliphatic heterocycles. The summed E-state index contributed by atoms with van der Waals surface area (Å²) in [6.45, 7) is 0. The topological polar surface area (TPSA) is 62.4 Å². The highest BCUT2D eigenvalue weighted by atomic mass is 19.1. The van der Waals surface area contributed by atoms with Crippen molar-refractivity contribution < 1.29 is 14.0 Å². The van der Waals surface area contributed by atoms with Crippen LogP contribution in [0.3, 0.4) is 0 Å². The first-order valence-corrected chi connectivity index (χ1v) is 5.17. The summed E-state index contributed by atoms with van der Waals surface area (Å²) in [4.78, 5) is 30.7. The van der Waals surface area contributed by atoms with Gasteiger partial charge in [0.2, 0.25) is 0 Å². The van der Waals surface area contributed by atoms with Crippen LogP contribution in [0.4, 0.5) is 4.39 Å². The normalized spacial score (nSPS) is 10.6. The highest BCUT2D eigenvalue weighted by Gasteiger charge is 2.14. The summed E-state index contributed by atoms with van der Waals surface area (Å²) in [6, 6.07) is 5.18. The van der Waals surface area contributed by atoms with E-state index in [0.717, 1.165) is 5.06 Å². The van der Waals surface area contributed by atoms with Gasteiger partial charge >= 0.3 is 0 Å². The number of nitrogens with zero attached hydrogens (tertiary/aromatic N) is 1. The van der Waals surface area contributed by atoms with Gasteiger partial charge in [-0.3, -0.25) is 14.4 Å². The fourth-order valence-electron chi connectivity index (χ4n) is 1.61. The number of carbonyl (C=O) groups excluding carboxylic acids is 1. The fraction of sp³-hybridized carbons (Fsp3) is 0.167. The van der Waals surface area contributed by atoms with E-state index in [0.29, 0.717) is 10.8 Å². The molecule has 0 atom stereocenters. The number of fused-ring (bicyclic) bond motifs is 1. The number of hydrogen-bond acceptors (Lipinski definition) is 3. The summed E-state index contributed by atoms with van der Waals surface area (Å²) in [5, 5.41) is 1.66. The maximum absolute atomic E-state index is 13.1. The van der Waals surface area contributed by atoms with E-state index in [2.05, 4.69) is 4.98 Å². The molecule has 0 bridgehead atoms. The third-order valence-corrected chi connectivity index (χ3v) is 2.60. The summed E-state index contributed by atoms with van der Waals surface area (Å²) < 4.78 is 13.1. The molecule has 0 saturated heterocycles. The zero-order chi connectivity index (χ0) is 13.3. The molecule has 5 nitrogen and oxygen atoms in total. The predicted octanol–water partition coefficient (Wildman–Crippen LogP) is 1.30. The molecule has 0 radical (unpaired) electrons. The van der Waals surface area contributed by atoms with Gasteiger partial charge in [0.15, 0.2) is 0 Å². The Morgan fingerprint density at radius 2 is 2.11 bits per heavy atom. The molecular weight excluding hydrogens is 239 g/mol. The summed E-state index contributed by atoms with van der Waals surface area (Å²) in [5.74, 6) is -0.979. The standard InChI is InChI=1S/C12H11FN2O3/c1-15(18-2)12(17)10-6-7-5-8(13)3-4-9(7)11(16)14-10/h3-6H,1-2H3,(H,14,16). The average molecular weight is 250 g/mol. The van der Waals surface area contributed by atoms with Crippen molar-refractivity contribution in [1.29, 1.82) is 0 Å². The van der Waals surface area contributed by atoms with Gasteiger partial charge in [0.25, 0.3) is 11.5 Å². The first-order valence-electron chi connectivity index (χ1n) is 5.17. The summed E-state index contributed by atoms with van der Waals surface area (Å²) >= 11 is 0. The first-order chi connectivity index (χ1) is 8.52. The monoisotopic (exact) mass is 250 g/mol. The molecule has 1 heterocycles. The van der Waals surface area contributed by atoms with E-state index in [4.69, 9.17) is 4.84 Å². The largest absolute Gasteiger partial charge is 0.317 e. The number of hydroxylamine groups is 2. The maximum atomic E-state index is 13.1. The lowest BCUT2D eigenvalue weighted by atomic mass is 10.1. The van der Waals surface area contributed by atoms with Gasteiger partial charge < -0.3 is 4.98 Å². The molecule has 18 heavy (non-hydrogen) atoms. The molecule has 6 heteroatoms. The molecule has 94 valence electrons. The zero-order valence-electron chi connectivity index (χ0n) is 9.86. The van der Waals surface area contributed by atoms with Crippen LogP contribution in [0.25, 0.3) is 10.8 Å². The van der Waals surface area contributed by atoms with Crippen LogP contribution in [0.15, 0.2) is 29.1 Å². The van der Waals surface area contributed by atoms with Gasteiger partial charge in [-0.05, 0) is 29.7 Å². The summed E-state index contributed by atoms with van der Waals surface area (Å²) in [6.07, 6.45) is 0. The molecule has 0 saturated carbocycles. The second-order valence-corrected chi connectivity index (χ2v) is 3.73. The number of hydrogen-bond donors (Lipinski definition) is 1. The van der Waals surface area contributed by atoms with Crippen LogP contribution in [0.5, 0.6) is 0 Å². The van der Waals surface area contributed by atoms with Crippen LogP contribution in [0, 0.1) is 5.82 Å². The number of benzene rings is 1. The van der Waals surface area contributed by atoms with Crippen LogP contribution < -0.4 is 5.56 Å². The Morgan fingerprint density at radius 3 is 2.78 bits per heavy atom. The molecular formula is C12H11FN2O3. The minimum Gasteiger partial charge on any atom is -0.317 e. The second-order valence-electron chi connectivity index (χ2n) is 3.73. The Hall–Kier alpha value is -2.21. The first kappa shape index (κ1) is 12.3. The highest BCUT2D eigenvalue weighted by molar-refractivity contribution is 5.95. The van der Waals surface area contributed by atoms with Gasteiger partial charge in [-0.15, -0.1) is 0 Å². The fourth-order valence-corrected chi connectivity index (χ4v) is 1.61. The van der Waals surface area contributed by atoms with E-state index >= 15 is 0 Å². The maximum Gasteiger partial charge on any atom is 0.293 e. The quantitative estimate of drug-likeness (QED) is 0.817. The van der Waals surface area contributed by atoms with E-state index in [1.54, 1.807) is 0 Å². The number of pyridine rings is 1. The van der Waals surface area contributed by atoms with Gasteiger partial charge in [0.1, 0.15) is 11.5 Å². The summed E-state index contributed by atoms with van der Waals surface area (Å²) in [7, 11) is 2.74. The number of nitrogens with one attached hydrogen (secondary N) is 1. The average Bonchev–Trinajstić information content (AvgIpc) is 2.36. The Labute approximate surface area is 102 Å². The van der Waals surface area contributed by atoms with Crippen molar-refractivity contribution in [3.63, 3.8) is 0 Å². The highest BCUT2D eigenvalue weighted by Crippen LogP contribution is 2.13. The van der Waals surface area contributed by atoms with Crippen molar-refractivity contribution in [3.05, 3.63) is 46.1 Å². The molecule has 0 unspecified atom stereocenters. The Balaban J connectivity index is 2.61. The smallest absolute Gasteiger partial charge is 0.293 e. The Morgan fingerprint density at radius 1 is 1.39 bits per heavy atom. The molecule has 0 aliphatic rings. The zero-order valence-corrected chi connectivity index (χ0v) is 9.86. The molecule has 1 amide bonds. The van der Waals surface area contributed by atoms with E-state index in [1.165, 1.54) is 38.4 Å². The number of rotatable bonds is 2. The van der Waals surface area contributed by atoms with Crippen molar-refractivity contribution in [2.24, 2.45) is 0 Å². The molecule has 1 N–H and O–H groups in total. The van der Waals surface area contributed by atoms with Crippen molar-refractivity contribution in [3.8, 4) is 0 Å². The molecule has 2 rings (SSSR count). The third-order valence-electron chi connectivity index (χ3n) is 2.60. The van der Waals surface area contributed by atoms with Crippen LogP contribution in [0.2, 0.25) is 0 Å². The van der Waals surface area contributed by atoms with E-state index in [1.807, 2.05) is 0 Å². The van der Waals surface area contributed by atoms with Crippen molar-refractivity contribution in [2.45, 2.75) is 0 Å². The van der Waals surface area contributed by atoms with Crippen molar-refractivity contribution >= 4 is 16.7 Å². The molecule has 1 aromatic heterocycles. The van der Waals surface area contributed by atoms with Crippen LogP contribution in [-0.2, 0) is 4.84 Å². The number of carbonyl (C=O) groups is 1. The number of aromatic amines is 1. The number of H-pyrrole nitrogens is 1. The lowest BCUT2D eigenvalue weighted by Crippen LogP contribution is -2.28. The summed E-state index contributed by atoms with van der Waals surface area (Å²) in [5.41, 5.74) is -0.400. The number of aromatic nitrogens is 1. The van der Waals surface area contributed by atoms with Gasteiger partial charge in [0, 0.05) is 12.4 Å². The molecule has 0 spiro atoms. The minimum absolute atomic E-state index is 0.0439. The van der Waals surface area contributed by atoms with Crippen molar-refractivity contribution in [1.82, 2.24) is 10.0 Å². The Bertz CT molecular complexity index is 666. The van der Waals surface area contributed by atoms with Gasteiger partial charge in [0.05, 0.1) is 7.11 Å². The van der Waals surface area contributed by atoms with Gasteiger partial charge in [-0.25, -0.2) is 9.45 Å². The SMILES string of the molecule is CON(C)C(=O)c1cc2cc(F)ccc2c(=O)[nH]1. The van der Waals surface area contributed by atoms with Crippen LogP contribution in [-0.4, -0.2) is 30.1 Å². The van der Waals surface area contributed by atoms with Crippen molar-refractivity contribution in [2.75, 3.05) is 14.2 Å². The minimum atomic E-state index is -0.513. The third kappa shape index (κ3) is 2.10. The lowest BCUT2D eigenvalue weighted by Gasteiger charge is -2.13. The van der Waals surface area contributed by atoms with E-state index in [-0.39, 0.29) is 5.69 Å². The van der Waals surface area contributed by atoms with E-state index in [9.17, 15) is 14.0 Å². The molecule has 1 aromatic carbocycles. The predicted molar refractivity (Wildman–Crippen MR) is 63.6 cm³/mol. The second kappa shape index (κ2) is 4.58. The molecule has 2 aromatic rings. The van der Waals surface area contributed by atoms with E-state index < -0.39 is 17.3 Å². The van der Waals surface area contributed by atoms with Gasteiger partial charge in [-0.1, -0.05) is 0 Å². The number of amides is 1. The van der Waals surface area contributed by atoms with Crippen LogP contribution in [0.1, 0.15) is 10.5 Å². The van der Waals surface area contributed by atoms with Crippen LogP contribution >= 0.6 is 0 Å².